The van der Waals surface area contributed by atoms with E-state index in [1.807, 2.05) is 0 Å². The standard InChI is InChI=1S/C15H32N2O/c1-3-5-6-7-8-9-10-11-15(18)17-14-13-16-12-4-2/h16H,3-14H2,1-2H3,(H,17,18). The number of rotatable bonds is 13. The first-order valence-electron chi connectivity index (χ1n) is 7.78. The zero-order valence-corrected chi connectivity index (χ0v) is 12.4. The lowest BCUT2D eigenvalue weighted by atomic mass is 10.1. The van der Waals surface area contributed by atoms with Crippen LogP contribution in [0.4, 0.5) is 0 Å². The maximum absolute atomic E-state index is 11.5. The minimum absolute atomic E-state index is 0.210. The van der Waals surface area contributed by atoms with Crippen molar-refractivity contribution < 1.29 is 4.79 Å². The van der Waals surface area contributed by atoms with Gasteiger partial charge in [0.1, 0.15) is 0 Å². The summed E-state index contributed by atoms with van der Waals surface area (Å²) in [6.45, 7) is 7.06. The number of amides is 1. The van der Waals surface area contributed by atoms with E-state index in [1.165, 1.54) is 38.5 Å². The molecule has 0 aliphatic heterocycles. The average molecular weight is 256 g/mol. The van der Waals surface area contributed by atoms with Crippen LogP contribution in [0.3, 0.4) is 0 Å². The first-order valence-corrected chi connectivity index (χ1v) is 7.78. The molecule has 0 aromatic heterocycles. The Hall–Kier alpha value is -0.570. The van der Waals surface area contributed by atoms with E-state index in [0.29, 0.717) is 6.42 Å². The summed E-state index contributed by atoms with van der Waals surface area (Å²) in [6, 6.07) is 0. The number of hydrogen-bond acceptors (Lipinski definition) is 2. The highest BCUT2D eigenvalue weighted by Crippen LogP contribution is 2.08. The fraction of sp³-hybridized carbons (Fsp3) is 0.933. The van der Waals surface area contributed by atoms with Crippen molar-refractivity contribution in [1.82, 2.24) is 10.6 Å². The number of hydrogen-bond donors (Lipinski definition) is 2. The maximum atomic E-state index is 11.5. The van der Waals surface area contributed by atoms with Crippen LogP contribution in [-0.2, 0) is 4.79 Å². The van der Waals surface area contributed by atoms with Gasteiger partial charge in [-0.3, -0.25) is 4.79 Å². The Morgan fingerprint density at radius 3 is 2.11 bits per heavy atom. The second kappa shape index (κ2) is 14.5. The second-order valence-corrected chi connectivity index (χ2v) is 4.97. The van der Waals surface area contributed by atoms with Crippen LogP contribution >= 0.6 is 0 Å². The van der Waals surface area contributed by atoms with Gasteiger partial charge < -0.3 is 10.6 Å². The highest BCUT2D eigenvalue weighted by molar-refractivity contribution is 5.75. The Morgan fingerprint density at radius 1 is 0.778 bits per heavy atom. The van der Waals surface area contributed by atoms with E-state index in [-0.39, 0.29) is 5.91 Å². The SMILES string of the molecule is CCCCCCCCCC(=O)NCCNCCC. The van der Waals surface area contributed by atoms with Crippen molar-refractivity contribution in [1.29, 1.82) is 0 Å². The molecule has 0 heterocycles. The lowest BCUT2D eigenvalue weighted by molar-refractivity contribution is -0.121. The molecule has 3 nitrogen and oxygen atoms in total. The molecule has 0 saturated heterocycles. The molecule has 2 N–H and O–H groups in total. The Balaban J connectivity index is 3.12. The number of nitrogens with one attached hydrogen (secondary N) is 2. The molecule has 0 bridgehead atoms. The second-order valence-electron chi connectivity index (χ2n) is 4.97. The van der Waals surface area contributed by atoms with Gasteiger partial charge in [-0.1, -0.05) is 52.4 Å². The summed E-state index contributed by atoms with van der Waals surface area (Å²) in [7, 11) is 0. The minimum atomic E-state index is 0.210. The quantitative estimate of drug-likeness (QED) is 0.497. The lowest BCUT2D eigenvalue weighted by Crippen LogP contribution is -2.31. The summed E-state index contributed by atoms with van der Waals surface area (Å²) in [5, 5.41) is 6.22. The Morgan fingerprint density at radius 2 is 1.44 bits per heavy atom. The van der Waals surface area contributed by atoms with E-state index < -0.39 is 0 Å². The van der Waals surface area contributed by atoms with E-state index in [1.54, 1.807) is 0 Å². The van der Waals surface area contributed by atoms with E-state index in [9.17, 15) is 4.79 Å². The van der Waals surface area contributed by atoms with Gasteiger partial charge in [0.2, 0.25) is 5.91 Å². The van der Waals surface area contributed by atoms with Crippen molar-refractivity contribution in [2.45, 2.75) is 71.6 Å². The van der Waals surface area contributed by atoms with Gasteiger partial charge >= 0.3 is 0 Å². The molecule has 0 aliphatic carbocycles. The summed E-state index contributed by atoms with van der Waals surface area (Å²) in [5.41, 5.74) is 0. The maximum Gasteiger partial charge on any atom is 0.220 e. The first-order chi connectivity index (χ1) is 8.81. The molecule has 0 saturated carbocycles. The minimum Gasteiger partial charge on any atom is -0.355 e. The predicted octanol–water partition coefficient (Wildman–Crippen LogP) is 3.24. The molecule has 3 heteroatoms. The fourth-order valence-corrected chi connectivity index (χ4v) is 1.92. The van der Waals surface area contributed by atoms with Gasteiger partial charge in [-0.05, 0) is 19.4 Å². The van der Waals surface area contributed by atoms with Crippen molar-refractivity contribution in [2.75, 3.05) is 19.6 Å². The first kappa shape index (κ1) is 17.4. The number of unbranched alkanes of at least 4 members (excludes halogenated alkanes) is 6. The molecule has 18 heavy (non-hydrogen) atoms. The lowest BCUT2D eigenvalue weighted by Gasteiger charge is -2.06. The van der Waals surface area contributed by atoms with E-state index in [0.717, 1.165) is 32.5 Å². The zero-order chi connectivity index (χ0) is 13.5. The summed E-state index contributed by atoms with van der Waals surface area (Å²) < 4.78 is 0. The Bertz CT molecular complexity index is 183. The molecule has 0 spiro atoms. The van der Waals surface area contributed by atoms with Crippen LogP contribution in [0.25, 0.3) is 0 Å². The molecule has 0 atom stereocenters. The molecule has 1 amide bonds. The molecule has 0 aliphatic rings. The third kappa shape index (κ3) is 13.5. The van der Waals surface area contributed by atoms with Gasteiger partial charge in [0.15, 0.2) is 0 Å². The molecular formula is C15H32N2O. The average Bonchev–Trinajstić information content (AvgIpc) is 2.37. The van der Waals surface area contributed by atoms with Gasteiger partial charge in [0.05, 0.1) is 0 Å². The largest absolute Gasteiger partial charge is 0.355 e. The van der Waals surface area contributed by atoms with Crippen LogP contribution in [0.1, 0.15) is 71.6 Å². The molecule has 0 fully saturated rings. The van der Waals surface area contributed by atoms with Gasteiger partial charge in [0.25, 0.3) is 0 Å². The van der Waals surface area contributed by atoms with Crippen LogP contribution < -0.4 is 10.6 Å². The third-order valence-corrected chi connectivity index (χ3v) is 3.06. The monoisotopic (exact) mass is 256 g/mol. The molecule has 0 radical (unpaired) electrons. The van der Waals surface area contributed by atoms with Crippen molar-refractivity contribution in [2.24, 2.45) is 0 Å². The number of carbonyl (C=O) groups is 1. The molecule has 0 aromatic rings. The van der Waals surface area contributed by atoms with Crippen LogP contribution in [0.15, 0.2) is 0 Å². The van der Waals surface area contributed by atoms with Crippen molar-refractivity contribution >= 4 is 5.91 Å². The molecule has 0 unspecified atom stereocenters. The van der Waals surface area contributed by atoms with Crippen LogP contribution in [0.2, 0.25) is 0 Å². The summed E-state index contributed by atoms with van der Waals surface area (Å²) in [4.78, 5) is 11.5. The van der Waals surface area contributed by atoms with Crippen molar-refractivity contribution in [3.05, 3.63) is 0 Å². The zero-order valence-electron chi connectivity index (χ0n) is 12.4. The highest BCUT2D eigenvalue weighted by atomic mass is 16.1. The summed E-state index contributed by atoms with van der Waals surface area (Å²) >= 11 is 0. The highest BCUT2D eigenvalue weighted by Gasteiger charge is 1.99. The molecule has 0 aromatic carbocycles. The number of carbonyl (C=O) groups excluding carboxylic acids is 1. The van der Waals surface area contributed by atoms with Crippen LogP contribution in [-0.4, -0.2) is 25.5 Å². The smallest absolute Gasteiger partial charge is 0.220 e. The van der Waals surface area contributed by atoms with Crippen molar-refractivity contribution in [3.63, 3.8) is 0 Å². The molecular weight excluding hydrogens is 224 g/mol. The summed E-state index contributed by atoms with van der Waals surface area (Å²) in [5.74, 6) is 0.210. The predicted molar refractivity (Wildman–Crippen MR) is 78.8 cm³/mol. The van der Waals surface area contributed by atoms with Crippen LogP contribution in [0, 0.1) is 0 Å². The Kier molecular flexibility index (Phi) is 14.0. The fourth-order valence-electron chi connectivity index (χ4n) is 1.92. The Labute approximate surface area is 113 Å². The van der Waals surface area contributed by atoms with E-state index in [2.05, 4.69) is 24.5 Å². The molecule has 108 valence electrons. The van der Waals surface area contributed by atoms with Gasteiger partial charge in [-0.2, -0.15) is 0 Å². The van der Waals surface area contributed by atoms with E-state index in [4.69, 9.17) is 0 Å². The van der Waals surface area contributed by atoms with Gasteiger partial charge in [0, 0.05) is 19.5 Å². The van der Waals surface area contributed by atoms with E-state index >= 15 is 0 Å². The summed E-state index contributed by atoms with van der Waals surface area (Å²) in [6.07, 6.45) is 10.7. The third-order valence-electron chi connectivity index (χ3n) is 3.06. The van der Waals surface area contributed by atoms with Gasteiger partial charge in [-0.25, -0.2) is 0 Å². The normalized spacial score (nSPS) is 10.6. The van der Waals surface area contributed by atoms with Crippen molar-refractivity contribution in [3.8, 4) is 0 Å². The van der Waals surface area contributed by atoms with Crippen LogP contribution in [0.5, 0.6) is 0 Å². The topological polar surface area (TPSA) is 41.1 Å². The van der Waals surface area contributed by atoms with Gasteiger partial charge in [-0.15, -0.1) is 0 Å². The molecule has 0 rings (SSSR count).